The van der Waals surface area contributed by atoms with Crippen molar-refractivity contribution in [2.24, 2.45) is 0 Å². The molecule has 94 valence electrons. The Morgan fingerprint density at radius 1 is 1.47 bits per heavy atom. The average molecular weight is 300 g/mol. The molecule has 0 aliphatic carbocycles. The maximum absolute atomic E-state index is 5.41. The molecule has 0 radical (unpaired) electrons. The molecule has 1 aliphatic heterocycles. The molecule has 0 amide bonds. The molecule has 0 aromatic heterocycles. The Morgan fingerprint density at radius 3 is 2.71 bits per heavy atom. The summed E-state index contributed by atoms with van der Waals surface area (Å²) in [4.78, 5) is 0. The van der Waals surface area contributed by atoms with Gasteiger partial charge in [0.1, 0.15) is 5.75 Å². The van der Waals surface area contributed by atoms with Gasteiger partial charge in [-0.25, -0.2) is 0 Å². The van der Waals surface area contributed by atoms with E-state index >= 15 is 0 Å². The number of nitrogens with one attached hydrogen (secondary N) is 1. The first-order valence-electron chi connectivity index (χ1n) is 5.78. The third-order valence-corrected chi connectivity index (χ3v) is 3.99. The van der Waals surface area contributed by atoms with Crippen molar-refractivity contribution >= 4 is 15.9 Å². The van der Waals surface area contributed by atoms with Gasteiger partial charge in [0, 0.05) is 5.41 Å². The fourth-order valence-corrected chi connectivity index (χ4v) is 2.70. The molecule has 3 nitrogen and oxygen atoms in total. The van der Waals surface area contributed by atoms with Crippen molar-refractivity contribution in [3.8, 4) is 5.75 Å². The maximum Gasteiger partial charge on any atom is 0.133 e. The molecule has 0 saturated carbocycles. The number of methoxy groups -OCH3 is 1. The van der Waals surface area contributed by atoms with Crippen LogP contribution in [0.4, 0.5) is 0 Å². The Balaban J connectivity index is 2.22. The van der Waals surface area contributed by atoms with Crippen molar-refractivity contribution in [3.63, 3.8) is 0 Å². The number of benzene rings is 1. The largest absolute Gasteiger partial charge is 0.496 e. The summed E-state index contributed by atoms with van der Waals surface area (Å²) in [5, 5.41) is 3.21. The molecule has 1 saturated heterocycles. The molecule has 0 atom stereocenters. The lowest BCUT2D eigenvalue weighted by atomic mass is 9.76. The van der Waals surface area contributed by atoms with E-state index in [1.807, 2.05) is 13.1 Å². The van der Waals surface area contributed by atoms with Crippen molar-refractivity contribution < 1.29 is 9.47 Å². The van der Waals surface area contributed by atoms with Crippen LogP contribution >= 0.6 is 15.9 Å². The van der Waals surface area contributed by atoms with Gasteiger partial charge in [-0.2, -0.15) is 0 Å². The minimum absolute atomic E-state index is 0.178. The van der Waals surface area contributed by atoms with Gasteiger partial charge in [0.25, 0.3) is 0 Å². The van der Waals surface area contributed by atoms with E-state index in [9.17, 15) is 0 Å². The van der Waals surface area contributed by atoms with Gasteiger partial charge in [-0.1, -0.05) is 6.07 Å². The summed E-state index contributed by atoms with van der Waals surface area (Å²) >= 11 is 3.54. The van der Waals surface area contributed by atoms with Crippen LogP contribution in [0.3, 0.4) is 0 Å². The number of halogens is 1. The third-order valence-electron chi connectivity index (χ3n) is 3.37. The lowest BCUT2D eigenvalue weighted by Crippen LogP contribution is -2.48. The minimum atomic E-state index is 0.178. The predicted molar refractivity (Wildman–Crippen MR) is 71.7 cm³/mol. The van der Waals surface area contributed by atoms with Crippen LogP contribution < -0.4 is 10.1 Å². The molecule has 17 heavy (non-hydrogen) atoms. The fourth-order valence-electron chi connectivity index (χ4n) is 2.16. The Bertz CT molecular complexity index is 391. The highest BCUT2D eigenvalue weighted by Crippen LogP contribution is 2.38. The van der Waals surface area contributed by atoms with E-state index in [2.05, 4.69) is 33.4 Å². The quantitative estimate of drug-likeness (QED) is 0.905. The monoisotopic (exact) mass is 299 g/mol. The van der Waals surface area contributed by atoms with Crippen LogP contribution in [0.25, 0.3) is 0 Å². The van der Waals surface area contributed by atoms with E-state index in [0.29, 0.717) is 0 Å². The van der Waals surface area contributed by atoms with Gasteiger partial charge in [0.05, 0.1) is 24.8 Å². The lowest BCUT2D eigenvalue weighted by molar-refractivity contribution is -0.0638. The first kappa shape index (κ1) is 12.9. The molecule has 1 heterocycles. The first-order chi connectivity index (χ1) is 8.22. The molecule has 0 bridgehead atoms. The molecule has 0 unspecified atom stereocenters. The van der Waals surface area contributed by atoms with E-state index in [1.54, 1.807) is 7.11 Å². The molecule has 1 N–H and O–H groups in total. The van der Waals surface area contributed by atoms with E-state index in [-0.39, 0.29) is 5.41 Å². The van der Waals surface area contributed by atoms with Crippen LogP contribution in [0.1, 0.15) is 12.0 Å². The Kier molecular flexibility index (Phi) is 4.07. The molecule has 1 aromatic rings. The van der Waals surface area contributed by atoms with Crippen molar-refractivity contribution in [1.29, 1.82) is 0 Å². The summed E-state index contributed by atoms with van der Waals surface area (Å²) in [6.45, 7) is 2.63. The molecule has 1 aromatic carbocycles. The molecule has 4 heteroatoms. The van der Waals surface area contributed by atoms with Crippen LogP contribution in [-0.4, -0.2) is 33.9 Å². The first-order valence-corrected chi connectivity index (χ1v) is 6.57. The van der Waals surface area contributed by atoms with Gasteiger partial charge in [0.2, 0.25) is 0 Å². The summed E-state index contributed by atoms with van der Waals surface area (Å²) < 4.78 is 11.7. The second kappa shape index (κ2) is 5.38. The van der Waals surface area contributed by atoms with E-state index in [4.69, 9.17) is 9.47 Å². The van der Waals surface area contributed by atoms with Gasteiger partial charge >= 0.3 is 0 Å². The van der Waals surface area contributed by atoms with Gasteiger partial charge in [-0.05, 0) is 53.6 Å². The third kappa shape index (κ3) is 2.49. The zero-order valence-electron chi connectivity index (χ0n) is 10.3. The highest BCUT2D eigenvalue weighted by molar-refractivity contribution is 9.10. The fraction of sp³-hybridized carbons (Fsp3) is 0.538. The number of hydrogen-bond acceptors (Lipinski definition) is 3. The van der Waals surface area contributed by atoms with E-state index in [0.717, 1.165) is 36.4 Å². The van der Waals surface area contributed by atoms with Gasteiger partial charge in [-0.3, -0.25) is 0 Å². The zero-order chi connectivity index (χ0) is 12.3. The molecular weight excluding hydrogens is 282 g/mol. The molecule has 1 aliphatic rings. The second-order valence-electron chi connectivity index (χ2n) is 4.48. The normalized spacial score (nSPS) is 17.6. The standard InChI is InChI=1S/C13H18BrNO2/c1-15-6-5-13(8-17-9-13)10-3-4-12(16-2)11(14)7-10/h3-4,7,15H,5-6,8-9H2,1-2H3. The Hall–Kier alpha value is -0.580. The Labute approximate surface area is 111 Å². The predicted octanol–water partition coefficient (Wildman–Crippen LogP) is 2.34. The van der Waals surface area contributed by atoms with Gasteiger partial charge in [0.15, 0.2) is 0 Å². The highest BCUT2D eigenvalue weighted by Gasteiger charge is 2.39. The Morgan fingerprint density at radius 2 is 2.24 bits per heavy atom. The lowest BCUT2D eigenvalue weighted by Gasteiger charge is -2.42. The zero-order valence-corrected chi connectivity index (χ0v) is 11.8. The van der Waals surface area contributed by atoms with E-state index in [1.165, 1.54) is 5.56 Å². The molecule has 2 rings (SSSR count). The second-order valence-corrected chi connectivity index (χ2v) is 5.33. The summed E-state index contributed by atoms with van der Waals surface area (Å²) in [7, 11) is 3.67. The van der Waals surface area contributed by atoms with Crippen LogP contribution in [0, 0.1) is 0 Å². The van der Waals surface area contributed by atoms with Crippen molar-refractivity contribution in [3.05, 3.63) is 28.2 Å². The molecule has 1 fully saturated rings. The highest BCUT2D eigenvalue weighted by atomic mass is 79.9. The van der Waals surface area contributed by atoms with Crippen molar-refractivity contribution in [2.75, 3.05) is 33.9 Å². The van der Waals surface area contributed by atoms with E-state index < -0.39 is 0 Å². The van der Waals surface area contributed by atoms with Crippen LogP contribution in [0.5, 0.6) is 5.75 Å². The maximum atomic E-state index is 5.41. The molecular formula is C13H18BrNO2. The smallest absolute Gasteiger partial charge is 0.133 e. The summed E-state index contributed by atoms with van der Waals surface area (Å²) in [5.41, 5.74) is 1.50. The van der Waals surface area contributed by atoms with Crippen LogP contribution in [-0.2, 0) is 10.2 Å². The topological polar surface area (TPSA) is 30.5 Å². The van der Waals surface area contributed by atoms with Gasteiger partial charge < -0.3 is 14.8 Å². The van der Waals surface area contributed by atoms with Crippen molar-refractivity contribution in [2.45, 2.75) is 11.8 Å². The number of rotatable bonds is 5. The summed E-state index contributed by atoms with van der Waals surface area (Å²) in [6, 6.07) is 6.30. The molecule has 0 spiro atoms. The SMILES string of the molecule is CNCCC1(c2ccc(OC)c(Br)c2)COC1. The summed E-state index contributed by atoms with van der Waals surface area (Å²) in [5.74, 6) is 0.873. The minimum Gasteiger partial charge on any atom is -0.496 e. The number of ether oxygens (including phenoxy) is 2. The van der Waals surface area contributed by atoms with Crippen LogP contribution in [0.15, 0.2) is 22.7 Å². The van der Waals surface area contributed by atoms with Crippen LogP contribution in [0.2, 0.25) is 0 Å². The van der Waals surface area contributed by atoms with Gasteiger partial charge in [-0.15, -0.1) is 0 Å². The van der Waals surface area contributed by atoms with Crippen molar-refractivity contribution in [1.82, 2.24) is 5.32 Å². The average Bonchev–Trinajstić information content (AvgIpc) is 2.28. The summed E-state index contributed by atoms with van der Waals surface area (Å²) in [6.07, 6.45) is 1.10. The number of hydrogen-bond donors (Lipinski definition) is 1.